The zero-order chi connectivity index (χ0) is 31.1. The molecule has 44 heavy (non-hydrogen) atoms. The van der Waals surface area contributed by atoms with E-state index in [4.69, 9.17) is 16.3 Å². The summed E-state index contributed by atoms with van der Waals surface area (Å²) >= 11 is 6.36. The van der Waals surface area contributed by atoms with E-state index < -0.39 is 11.7 Å². The molecule has 5 aromatic rings. The molecule has 3 nitrogen and oxygen atoms in total. The molecule has 0 spiro atoms. The van der Waals surface area contributed by atoms with Gasteiger partial charge < -0.3 is 9.30 Å². The van der Waals surface area contributed by atoms with Crippen LogP contribution < -0.4 is 4.74 Å². The molecule has 0 radical (unpaired) electrons. The molecule has 0 atom stereocenters. The van der Waals surface area contributed by atoms with E-state index in [9.17, 15) is 13.2 Å². The summed E-state index contributed by atoms with van der Waals surface area (Å²) in [7, 11) is 0. The fourth-order valence-corrected chi connectivity index (χ4v) is 5.99. The van der Waals surface area contributed by atoms with Gasteiger partial charge in [-0.15, -0.1) is 0 Å². The van der Waals surface area contributed by atoms with Crippen LogP contribution in [0.1, 0.15) is 46.0 Å². The first kappa shape index (κ1) is 31.4. The average Bonchev–Trinajstić information content (AvgIpc) is 3.36. The van der Waals surface area contributed by atoms with E-state index >= 15 is 0 Å². The highest BCUT2D eigenvalue weighted by Gasteiger charge is 2.34. The van der Waals surface area contributed by atoms with Crippen molar-refractivity contribution in [3.63, 3.8) is 0 Å². The summed E-state index contributed by atoms with van der Waals surface area (Å²) in [6.07, 6.45) is -3.84. The number of benzene rings is 4. The number of halogens is 4. The van der Waals surface area contributed by atoms with Crippen LogP contribution in [0.15, 0.2) is 115 Å². The molecule has 0 bridgehead atoms. The van der Waals surface area contributed by atoms with Crippen molar-refractivity contribution in [1.82, 2.24) is 9.47 Å². The van der Waals surface area contributed by atoms with Crippen molar-refractivity contribution in [1.29, 1.82) is 0 Å². The minimum absolute atomic E-state index is 0.0209. The molecule has 0 amide bonds. The van der Waals surface area contributed by atoms with Gasteiger partial charge in [0.05, 0.1) is 17.2 Å². The van der Waals surface area contributed by atoms with Gasteiger partial charge in [-0.1, -0.05) is 90.5 Å². The molecular formula is C37H36ClF3N2O. The zero-order valence-electron chi connectivity index (χ0n) is 24.9. The summed E-state index contributed by atoms with van der Waals surface area (Å²) in [5, 5.41) is -0.246. The third-order valence-corrected chi connectivity index (χ3v) is 8.30. The number of alkyl halides is 3. The minimum Gasteiger partial charge on any atom is -0.493 e. The van der Waals surface area contributed by atoms with E-state index in [1.165, 1.54) is 6.07 Å². The summed E-state index contributed by atoms with van der Waals surface area (Å²) in [5.41, 5.74) is 5.26. The molecule has 4 aromatic carbocycles. The second kappa shape index (κ2) is 14.2. The molecule has 0 aliphatic rings. The number of aromatic nitrogens is 1. The highest BCUT2D eigenvalue weighted by atomic mass is 35.5. The molecule has 0 aliphatic heterocycles. The van der Waals surface area contributed by atoms with Crippen LogP contribution in [0.5, 0.6) is 5.75 Å². The Bertz CT molecular complexity index is 1590. The van der Waals surface area contributed by atoms with Gasteiger partial charge in [0.25, 0.3) is 0 Å². The first-order valence-electron chi connectivity index (χ1n) is 14.8. The van der Waals surface area contributed by atoms with Crippen LogP contribution in [-0.4, -0.2) is 29.2 Å². The Kier molecular flexibility index (Phi) is 10.1. The van der Waals surface area contributed by atoms with Gasteiger partial charge in [-0.3, -0.25) is 4.90 Å². The predicted molar refractivity (Wildman–Crippen MR) is 172 cm³/mol. The maximum Gasteiger partial charge on any atom is 0.417 e. The summed E-state index contributed by atoms with van der Waals surface area (Å²) in [4.78, 5) is 2.18. The number of hydrogen-bond acceptors (Lipinski definition) is 2. The third-order valence-electron chi connectivity index (χ3n) is 7.86. The average molecular weight is 617 g/mol. The number of ether oxygens (including phenoxy) is 1. The number of aryl methyl sites for hydroxylation is 2. The molecule has 0 saturated carbocycles. The van der Waals surface area contributed by atoms with E-state index in [0.717, 1.165) is 40.0 Å². The minimum atomic E-state index is -4.52. The lowest BCUT2D eigenvalue weighted by molar-refractivity contribution is -0.137. The fourth-order valence-electron chi connectivity index (χ4n) is 5.70. The highest BCUT2D eigenvalue weighted by Crippen LogP contribution is 2.37. The van der Waals surface area contributed by atoms with Gasteiger partial charge in [-0.2, -0.15) is 13.2 Å². The van der Waals surface area contributed by atoms with Gasteiger partial charge in [-0.25, -0.2) is 0 Å². The Labute approximate surface area is 262 Å². The van der Waals surface area contributed by atoms with Crippen molar-refractivity contribution in [2.24, 2.45) is 0 Å². The van der Waals surface area contributed by atoms with Crippen molar-refractivity contribution < 1.29 is 17.9 Å². The molecule has 0 N–H and O–H groups in total. The molecule has 5 rings (SSSR count). The maximum absolute atomic E-state index is 13.7. The second-order valence-corrected chi connectivity index (χ2v) is 11.4. The summed E-state index contributed by atoms with van der Waals surface area (Å²) in [6, 6.07) is 36.7. The first-order chi connectivity index (χ1) is 21.2. The normalized spacial score (nSPS) is 11.8. The van der Waals surface area contributed by atoms with Crippen molar-refractivity contribution in [3.05, 3.63) is 154 Å². The van der Waals surface area contributed by atoms with Gasteiger partial charge in [0, 0.05) is 48.7 Å². The van der Waals surface area contributed by atoms with E-state index in [1.807, 2.05) is 54.6 Å². The van der Waals surface area contributed by atoms with E-state index in [1.54, 1.807) is 6.07 Å². The quantitative estimate of drug-likeness (QED) is 0.130. The van der Waals surface area contributed by atoms with Crippen LogP contribution in [0.3, 0.4) is 0 Å². The Balaban J connectivity index is 1.35. The lowest BCUT2D eigenvalue weighted by Gasteiger charge is -2.29. The summed E-state index contributed by atoms with van der Waals surface area (Å²) in [5.74, 6) is 0.793. The molecule has 1 aromatic heterocycles. The number of nitrogens with zero attached hydrogens (tertiary/aromatic N) is 2. The van der Waals surface area contributed by atoms with Crippen molar-refractivity contribution in [3.8, 4) is 11.4 Å². The lowest BCUT2D eigenvalue weighted by Crippen LogP contribution is -2.31. The SMILES string of the molecule is Cc1ccc(C)n1-c1cccc(OCCCN(Cc2cccc(C(F)(F)F)c2Cl)CC(c2ccccc2)c2ccccc2)c1. The van der Waals surface area contributed by atoms with Crippen molar-refractivity contribution in [2.75, 3.05) is 19.7 Å². The summed E-state index contributed by atoms with van der Waals surface area (Å²) < 4.78 is 49.4. The van der Waals surface area contributed by atoms with Crippen LogP contribution in [0, 0.1) is 13.8 Å². The van der Waals surface area contributed by atoms with Crippen molar-refractivity contribution >= 4 is 11.6 Å². The smallest absolute Gasteiger partial charge is 0.417 e. The van der Waals surface area contributed by atoms with Gasteiger partial charge in [0.15, 0.2) is 0 Å². The zero-order valence-corrected chi connectivity index (χ0v) is 25.7. The third kappa shape index (κ3) is 7.74. The number of hydrogen-bond donors (Lipinski definition) is 0. The molecule has 228 valence electrons. The number of rotatable bonds is 12. The molecular weight excluding hydrogens is 581 g/mol. The van der Waals surface area contributed by atoms with Crippen LogP contribution in [0.4, 0.5) is 13.2 Å². The van der Waals surface area contributed by atoms with Gasteiger partial charge in [0.2, 0.25) is 0 Å². The van der Waals surface area contributed by atoms with Crippen LogP contribution >= 0.6 is 11.6 Å². The Morgan fingerprint density at radius 1 is 0.773 bits per heavy atom. The summed E-state index contributed by atoms with van der Waals surface area (Å²) in [6.45, 7) is 6.09. The standard InChI is InChI=1S/C37H36ClF3N2O/c1-27-20-21-28(2)43(27)32-17-10-18-33(24-32)44-23-11-22-42(25-31-16-9-19-35(36(31)38)37(39,40)41)26-34(29-12-5-3-6-13-29)30-14-7-4-8-15-30/h3-10,12-21,24,34H,11,22-23,25-26H2,1-2H3. The fraction of sp³-hybridized carbons (Fsp3) is 0.243. The second-order valence-electron chi connectivity index (χ2n) is 11.0. The maximum atomic E-state index is 13.7. The molecule has 0 aliphatic carbocycles. The Hall–Kier alpha value is -4.00. The first-order valence-corrected chi connectivity index (χ1v) is 15.1. The van der Waals surface area contributed by atoms with Crippen LogP contribution in [0.2, 0.25) is 5.02 Å². The molecule has 7 heteroatoms. The Morgan fingerprint density at radius 3 is 2.00 bits per heavy atom. The topological polar surface area (TPSA) is 17.4 Å². The van der Waals surface area contributed by atoms with E-state index in [-0.39, 0.29) is 17.5 Å². The van der Waals surface area contributed by atoms with Crippen LogP contribution in [-0.2, 0) is 12.7 Å². The largest absolute Gasteiger partial charge is 0.493 e. The molecule has 1 heterocycles. The van der Waals surface area contributed by atoms with Gasteiger partial charge in [0.1, 0.15) is 5.75 Å². The Morgan fingerprint density at radius 2 is 1.39 bits per heavy atom. The highest BCUT2D eigenvalue weighted by molar-refractivity contribution is 6.32. The molecule has 0 unspecified atom stereocenters. The van der Waals surface area contributed by atoms with E-state index in [2.05, 4.69) is 65.8 Å². The predicted octanol–water partition coefficient (Wildman–Crippen LogP) is 9.87. The van der Waals surface area contributed by atoms with Gasteiger partial charge >= 0.3 is 6.18 Å². The van der Waals surface area contributed by atoms with E-state index in [0.29, 0.717) is 31.7 Å². The monoisotopic (exact) mass is 616 g/mol. The lowest BCUT2D eigenvalue weighted by atomic mass is 9.90. The van der Waals surface area contributed by atoms with Crippen molar-refractivity contribution in [2.45, 2.75) is 38.9 Å². The van der Waals surface area contributed by atoms with Crippen LogP contribution in [0.25, 0.3) is 5.69 Å². The molecule has 0 saturated heterocycles. The van der Waals surface area contributed by atoms with Gasteiger partial charge in [-0.05, 0) is 67.3 Å². The molecule has 0 fully saturated rings.